The third kappa shape index (κ3) is 15.3. The summed E-state index contributed by atoms with van der Waals surface area (Å²) in [6, 6.07) is 45.0. The fourth-order valence-corrected chi connectivity index (χ4v) is 7.59. The summed E-state index contributed by atoms with van der Waals surface area (Å²) in [6.07, 6.45) is -7.06. The van der Waals surface area contributed by atoms with Crippen LogP contribution >= 0.6 is 7.82 Å². The van der Waals surface area contributed by atoms with Crippen molar-refractivity contribution < 1.29 is 62.1 Å². The second-order valence-corrected chi connectivity index (χ2v) is 16.3. The molecule has 332 valence electrons. The van der Waals surface area contributed by atoms with Crippen LogP contribution in [0, 0.1) is 0 Å². The van der Waals surface area contributed by atoms with Crippen LogP contribution in [0.1, 0.15) is 53.2 Å². The Balaban J connectivity index is 1.29. The molecular weight excluding hydrogens is 829 g/mol. The lowest BCUT2D eigenvalue weighted by atomic mass is 9.92. The predicted octanol–water partition coefficient (Wildman–Crippen LogP) is 6.89. The third-order valence-corrected chi connectivity index (χ3v) is 10.8. The molecule has 63 heavy (non-hydrogen) atoms. The van der Waals surface area contributed by atoms with Gasteiger partial charge in [-0.25, -0.2) is 9.36 Å². The number of carbonyl (C=O) groups excluding carboxylic acids is 2. The predicted molar refractivity (Wildman–Crippen MR) is 231 cm³/mol. The van der Waals surface area contributed by atoms with Crippen LogP contribution in [0.5, 0.6) is 0 Å². The van der Waals surface area contributed by atoms with E-state index in [0.29, 0.717) is 12.0 Å². The first kappa shape index (κ1) is 47.0. The number of esters is 1. The summed E-state index contributed by atoms with van der Waals surface area (Å²) in [4.78, 5) is 59.6. The number of rotatable bonds is 23. The molecule has 0 bridgehead atoms. The normalized spacial score (nSPS) is 19.7. The molecule has 5 aromatic rings. The number of hydrogen-bond donors (Lipinski definition) is 4. The molecule has 0 radical (unpaired) electrons. The van der Waals surface area contributed by atoms with Gasteiger partial charge in [-0.1, -0.05) is 152 Å². The standard InChI is InChI=1S/C48H52NO13P/c50-43(49-39(26-27-44(51)52)48(53)62-40(38-24-14-5-15-25-38)28-34-16-6-1-7-17-34)29-41-45(57-30-35-18-8-2-9-19-35)47(59-32-37-22-12-4-13-23-37)46(42(61-41)33-60-63(54,55)56)58-31-36-20-10-3-11-21-36/h1-25,39-42,45-47H,26-33H2,(H,49,50)(H,51,52)(H2,54,55,56). The largest absolute Gasteiger partial charge is 0.481 e. The van der Waals surface area contributed by atoms with Crippen molar-refractivity contribution >= 4 is 25.7 Å². The van der Waals surface area contributed by atoms with Gasteiger partial charge in [-0.3, -0.25) is 14.1 Å². The number of phosphoric ester groups is 1. The van der Waals surface area contributed by atoms with Gasteiger partial charge in [0.2, 0.25) is 5.91 Å². The minimum absolute atomic E-state index is 0.0586. The van der Waals surface area contributed by atoms with E-state index in [1.807, 2.05) is 152 Å². The Hall–Kier alpha value is -5.54. The van der Waals surface area contributed by atoms with Crippen molar-refractivity contribution in [3.05, 3.63) is 179 Å². The molecule has 1 amide bonds. The van der Waals surface area contributed by atoms with E-state index >= 15 is 0 Å². The minimum atomic E-state index is -5.02. The van der Waals surface area contributed by atoms with Gasteiger partial charge in [-0.15, -0.1) is 0 Å². The minimum Gasteiger partial charge on any atom is -0.481 e. The molecule has 0 spiro atoms. The molecule has 7 atom stereocenters. The molecule has 0 saturated carbocycles. The second-order valence-electron chi connectivity index (χ2n) is 15.1. The van der Waals surface area contributed by atoms with Crippen molar-refractivity contribution in [3.63, 3.8) is 0 Å². The Morgan fingerprint density at radius 2 is 1.06 bits per heavy atom. The molecule has 1 aliphatic heterocycles. The Bertz CT molecular complexity index is 2200. The van der Waals surface area contributed by atoms with E-state index in [1.165, 1.54) is 0 Å². The van der Waals surface area contributed by atoms with Crippen molar-refractivity contribution in [3.8, 4) is 0 Å². The number of carboxylic acids is 1. The van der Waals surface area contributed by atoms with Gasteiger partial charge in [-0.2, -0.15) is 0 Å². The molecule has 5 aromatic carbocycles. The molecule has 6 rings (SSSR count). The number of hydrogen-bond acceptors (Lipinski definition) is 10. The van der Waals surface area contributed by atoms with E-state index in [4.69, 9.17) is 28.2 Å². The lowest BCUT2D eigenvalue weighted by Gasteiger charge is -2.46. The molecule has 4 N–H and O–H groups in total. The number of phosphoric acid groups is 1. The first-order valence-corrected chi connectivity index (χ1v) is 22.2. The molecule has 15 heteroatoms. The summed E-state index contributed by atoms with van der Waals surface area (Å²) in [5, 5.41) is 12.3. The van der Waals surface area contributed by atoms with Gasteiger partial charge >= 0.3 is 19.8 Å². The van der Waals surface area contributed by atoms with Crippen LogP contribution in [-0.2, 0) is 73.4 Å². The van der Waals surface area contributed by atoms with Gasteiger partial charge in [0.05, 0.1) is 39.0 Å². The molecule has 0 aromatic heterocycles. The van der Waals surface area contributed by atoms with E-state index < -0.39 is 87.8 Å². The van der Waals surface area contributed by atoms with Crippen LogP contribution in [0.4, 0.5) is 0 Å². The molecule has 1 saturated heterocycles. The number of nitrogens with one attached hydrogen (secondary N) is 1. The number of amides is 1. The fraction of sp³-hybridized carbons (Fsp3) is 0.312. The molecular formula is C48H52NO13P. The van der Waals surface area contributed by atoms with E-state index in [1.54, 1.807) is 0 Å². The Morgan fingerprint density at radius 3 is 1.54 bits per heavy atom. The Kier molecular flexibility index (Phi) is 17.7. The van der Waals surface area contributed by atoms with Crippen molar-refractivity contribution in [2.45, 2.75) is 88.2 Å². The smallest absolute Gasteiger partial charge is 0.469 e. The van der Waals surface area contributed by atoms with Crippen LogP contribution in [-0.4, -0.2) is 75.9 Å². The highest BCUT2D eigenvalue weighted by Crippen LogP contribution is 2.39. The van der Waals surface area contributed by atoms with Gasteiger partial charge in [0.15, 0.2) is 0 Å². The van der Waals surface area contributed by atoms with E-state index in [9.17, 15) is 33.8 Å². The lowest BCUT2D eigenvalue weighted by molar-refractivity contribution is -0.269. The highest BCUT2D eigenvalue weighted by Gasteiger charge is 2.49. The molecule has 1 aliphatic rings. The fourth-order valence-electron chi connectivity index (χ4n) is 7.25. The maximum Gasteiger partial charge on any atom is 0.469 e. The Morgan fingerprint density at radius 1 is 0.619 bits per heavy atom. The average Bonchev–Trinajstić information content (AvgIpc) is 3.29. The third-order valence-electron chi connectivity index (χ3n) is 10.3. The molecule has 7 unspecified atom stereocenters. The topological polar surface area (TPSA) is 196 Å². The van der Waals surface area contributed by atoms with Crippen molar-refractivity contribution in [2.24, 2.45) is 0 Å². The van der Waals surface area contributed by atoms with E-state index in [2.05, 4.69) is 5.32 Å². The first-order chi connectivity index (χ1) is 30.5. The summed E-state index contributed by atoms with van der Waals surface area (Å²) in [6.45, 7) is -0.455. The van der Waals surface area contributed by atoms with Crippen LogP contribution in [0.2, 0.25) is 0 Å². The van der Waals surface area contributed by atoms with Gasteiger partial charge in [0.1, 0.15) is 36.6 Å². The SMILES string of the molecule is O=C(O)CCC(NC(=O)CC1OC(COP(=O)(O)O)C(OCc2ccccc2)C(OCc2ccccc2)C1OCc1ccccc1)C(=O)OC(Cc1ccccc1)c1ccccc1. The quantitative estimate of drug-likeness (QED) is 0.0392. The molecule has 1 fully saturated rings. The van der Waals surface area contributed by atoms with Crippen LogP contribution in [0.3, 0.4) is 0 Å². The van der Waals surface area contributed by atoms with Crippen molar-refractivity contribution in [1.82, 2.24) is 5.32 Å². The first-order valence-electron chi connectivity index (χ1n) is 20.6. The van der Waals surface area contributed by atoms with Gasteiger partial charge in [0.25, 0.3) is 0 Å². The zero-order chi connectivity index (χ0) is 44.4. The number of aliphatic carboxylic acids is 1. The zero-order valence-corrected chi connectivity index (χ0v) is 35.4. The van der Waals surface area contributed by atoms with Crippen LogP contribution in [0.15, 0.2) is 152 Å². The highest BCUT2D eigenvalue weighted by molar-refractivity contribution is 7.46. The Labute approximate surface area is 366 Å². The highest BCUT2D eigenvalue weighted by atomic mass is 31.2. The number of benzene rings is 5. The van der Waals surface area contributed by atoms with Crippen LogP contribution in [0.25, 0.3) is 0 Å². The van der Waals surface area contributed by atoms with E-state index in [0.717, 1.165) is 22.3 Å². The average molecular weight is 882 g/mol. The van der Waals surface area contributed by atoms with Crippen molar-refractivity contribution in [1.29, 1.82) is 0 Å². The monoisotopic (exact) mass is 881 g/mol. The maximum absolute atomic E-state index is 14.2. The molecule has 14 nitrogen and oxygen atoms in total. The van der Waals surface area contributed by atoms with Gasteiger partial charge < -0.3 is 43.9 Å². The number of carbonyl (C=O) groups is 3. The number of ether oxygens (including phenoxy) is 5. The summed E-state index contributed by atoms with van der Waals surface area (Å²) >= 11 is 0. The summed E-state index contributed by atoms with van der Waals surface area (Å²) in [5.74, 6) is -2.72. The molecule has 0 aliphatic carbocycles. The van der Waals surface area contributed by atoms with Crippen molar-refractivity contribution in [2.75, 3.05) is 6.61 Å². The lowest BCUT2D eigenvalue weighted by Crippen LogP contribution is -2.62. The summed E-state index contributed by atoms with van der Waals surface area (Å²) in [7, 11) is -5.02. The summed E-state index contributed by atoms with van der Waals surface area (Å²) < 4.78 is 49.3. The van der Waals surface area contributed by atoms with Gasteiger partial charge in [0, 0.05) is 12.8 Å². The zero-order valence-electron chi connectivity index (χ0n) is 34.5. The molecule has 1 heterocycles. The van der Waals surface area contributed by atoms with E-state index in [-0.39, 0.29) is 26.2 Å². The maximum atomic E-state index is 14.2. The van der Waals surface area contributed by atoms with Crippen LogP contribution < -0.4 is 5.32 Å². The summed E-state index contributed by atoms with van der Waals surface area (Å²) in [5.41, 5.74) is 4.02. The van der Waals surface area contributed by atoms with Gasteiger partial charge in [-0.05, 0) is 34.2 Å². The second kappa shape index (κ2) is 23.8. The number of carboxylic acid groups (broad SMARTS) is 1.